The number of esters is 1. The second kappa shape index (κ2) is 6.11. The highest BCUT2D eigenvalue weighted by atomic mass is 79.9. The van der Waals surface area contributed by atoms with Gasteiger partial charge in [0.15, 0.2) is 0 Å². The summed E-state index contributed by atoms with van der Waals surface area (Å²) >= 11 is 4.96. The quantitative estimate of drug-likeness (QED) is 0.599. The molecule has 1 heterocycles. The fourth-order valence-electron chi connectivity index (χ4n) is 2.31. The molecule has 0 bridgehead atoms. The van der Waals surface area contributed by atoms with Crippen LogP contribution in [0.25, 0.3) is 20.8 Å². The number of ether oxygens (including phenoxy) is 1. The second-order valence-electron chi connectivity index (χ2n) is 4.91. The van der Waals surface area contributed by atoms with E-state index in [0.29, 0.717) is 16.6 Å². The van der Waals surface area contributed by atoms with Crippen molar-refractivity contribution in [3.05, 3.63) is 51.5 Å². The number of carbonyl (C=O) groups excluding carboxylic acids is 1. The number of fused-ring (bicyclic) bond motifs is 1. The fourth-order valence-corrected chi connectivity index (χ4v) is 3.76. The first-order valence-electron chi connectivity index (χ1n) is 6.73. The van der Waals surface area contributed by atoms with Gasteiger partial charge < -0.3 is 4.74 Å². The number of rotatable bonds is 2. The van der Waals surface area contributed by atoms with Crippen LogP contribution in [0.1, 0.15) is 21.5 Å². The number of thiazole rings is 1. The summed E-state index contributed by atoms with van der Waals surface area (Å²) in [5, 5.41) is 10.2. The molecule has 4 nitrogen and oxygen atoms in total. The Balaban J connectivity index is 2.25. The summed E-state index contributed by atoms with van der Waals surface area (Å²) < 4.78 is 6.51. The van der Waals surface area contributed by atoms with Gasteiger partial charge in [-0.05, 0) is 30.7 Å². The number of benzene rings is 2. The molecule has 1 aromatic heterocycles. The maximum Gasteiger partial charge on any atom is 0.337 e. The second-order valence-corrected chi connectivity index (χ2v) is 6.76. The third-order valence-electron chi connectivity index (χ3n) is 3.53. The van der Waals surface area contributed by atoms with Gasteiger partial charge in [-0.2, -0.15) is 5.26 Å². The van der Waals surface area contributed by atoms with E-state index >= 15 is 0 Å². The lowest BCUT2D eigenvalue weighted by molar-refractivity contribution is 0.0601. The molecule has 0 saturated heterocycles. The van der Waals surface area contributed by atoms with Crippen molar-refractivity contribution in [2.24, 2.45) is 0 Å². The first-order valence-corrected chi connectivity index (χ1v) is 8.34. The van der Waals surface area contributed by atoms with Crippen LogP contribution in [-0.2, 0) is 4.74 Å². The van der Waals surface area contributed by atoms with E-state index in [4.69, 9.17) is 4.74 Å². The molecule has 0 spiro atoms. The Morgan fingerprint density at radius 1 is 1.39 bits per heavy atom. The van der Waals surface area contributed by atoms with Crippen molar-refractivity contribution in [2.75, 3.05) is 7.11 Å². The fraction of sp³-hybridized carbons (Fsp3) is 0.118. The molecule has 3 aromatic rings. The van der Waals surface area contributed by atoms with E-state index in [1.54, 1.807) is 12.1 Å². The molecule has 0 aliphatic heterocycles. The van der Waals surface area contributed by atoms with Crippen molar-refractivity contribution in [2.45, 2.75) is 6.92 Å². The Labute approximate surface area is 145 Å². The molecule has 0 atom stereocenters. The third-order valence-corrected chi connectivity index (χ3v) is 5.53. The maximum atomic E-state index is 11.7. The lowest BCUT2D eigenvalue weighted by Crippen LogP contribution is -2.01. The van der Waals surface area contributed by atoms with Crippen LogP contribution in [0, 0.1) is 18.3 Å². The molecule has 6 heteroatoms. The molecule has 0 unspecified atom stereocenters. The van der Waals surface area contributed by atoms with E-state index < -0.39 is 5.97 Å². The summed E-state index contributed by atoms with van der Waals surface area (Å²) in [5.74, 6) is -0.475. The lowest BCUT2D eigenvalue weighted by atomic mass is 10.1. The Morgan fingerprint density at radius 2 is 2.17 bits per heavy atom. The zero-order chi connectivity index (χ0) is 16.6. The zero-order valence-electron chi connectivity index (χ0n) is 12.4. The van der Waals surface area contributed by atoms with E-state index in [1.807, 2.05) is 25.1 Å². The number of nitrogens with zero attached hydrogens (tertiary/aromatic N) is 2. The van der Waals surface area contributed by atoms with Gasteiger partial charge in [0.25, 0.3) is 0 Å². The Morgan fingerprint density at radius 3 is 2.87 bits per heavy atom. The van der Waals surface area contributed by atoms with Gasteiger partial charge in [0.05, 0.1) is 28.5 Å². The maximum absolute atomic E-state index is 11.7. The van der Waals surface area contributed by atoms with Crippen molar-refractivity contribution in [3.63, 3.8) is 0 Å². The standard InChI is InChI=1S/C17H11BrN2O2S/c1-9-12(4-3-5-13(9)18)16-20-14-7-10(17(21)22-2)6-11(8-19)15(14)23-16/h3-7H,1-2H3. The van der Waals surface area contributed by atoms with Crippen LogP contribution in [-0.4, -0.2) is 18.1 Å². The van der Waals surface area contributed by atoms with E-state index in [1.165, 1.54) is 18.4 Å². The van der Waals surface area contributed by atoms with E-state index in [0.717, 1.165) is 25.3 Å². The molecule has 0 aliphatic rings. The van der Waals surface area contributed by atoms with Gasteiger partial charge in [-0.1, -0.05) is 28.1 Å². The van der Waals surface area contributed by atoms with Gasteiger partial charge in [0, 0.05) is 10.0 Å². The first-order chi connectivity index (χ1) is 11.0. The van der Waals surface area contributed by atoms with Gasteiger partial charge >= 0.3 is 5.97 Å². The summed E-state index contributed by atoms with van der Waals surface area (Å²) in [6.07, 6.45) is 0. The van der Waals surface area contributed by atoms with Crippen LogP contribution < -0.4 is 0 Å². The van der Waals surface area contributed by atoms with Crippen LogP contribution >= 0.6 is 27.3 Å². The van der Waals surface area contributed by atoms with Crippen LogP contribution in [0.2, 0.25) is 0 Å². The van der Waals surface area contributed by atoms with E-state index in [-0.39, 0.29) is 0 Å². The SMILES string of the molecule is COC(=O)c1cc(C#N)c2sc(-c3cccc(Br)c3C)nc2c1. The van der Waals surface area contributed by atoms with Crippen LogP contribution in [0.4, 0.5) is 0 Å². The van der Waals surface area contributed by atoms with Gasteiger partial charge in [-0.3, -0.25) is 0 Å². The molecule has 0 N–H and O–H groups in total. The van der Waals surface area contributed by atoms with Crippen molar-refractivity contribution in [3.8, 4) is 16.6 Å². The smallest absolute Gasteiger partial charge is 0.337 e. The minimum Gasteiger partial charge on any atom is -0.465 e. The van der Waals surface area contributed by atoms with Gasteiger partial charge in [-0.15, -0.1) is 11.3 Å². The molecule has 0 radical (unpaired) electrons. The highest BCUT2D eigenvalue weighted by Gasteiger charge is 2.16. The van der Waals surface area contributed by atoms with Crippen molar-refractivity contribution >= 4 is 43.5 Å². The molecular weight excluding hydrogens is 376 g/mol. The van der Waals surface area contributed by atoms with Crippen molar-refractivity contribution < 1.29 is 9.53 Å². The number of carbonyl (C=O) groups is 1. The van der Waals surface area contributed by atoms with Crippen molar-refractivity contribution in [1.82, 2.24) is 4.98 Å². The molecular formula is C17H11BrN2O2S. The largest absolute Gasteiger partial charge is 0.465 e. The number of hydrogen-bond acceptors (Lipinski definition) is 5. The number of aromatic nitrogens is 1. The van der Waals surface area contributed by atoms with Crippen LogP contribution in [0.15, 0.2) is 34.8 Å². The number of hydrogen-bond donors (Lipinski definition) is 0. The number of methoxy groups -OCH3 is 1. The van der Waals surface area contributed by atoms with E-state index in [2.05, 4.69) is 27.0 Å². The zero-order valence-corrected chi connectivity index (χ0v) is 14.8. The Kier molecular flexibility index (Phi) is 4.16. The minimum absolute atomic E-state index is 0.333. The molecule has 114 valence electrons. The highest BCUT2D eigenvalue weighted by Crippen LogP contribution is 2.36. The number of nitriles is 1. The average Bonchev–Trinajstić information content (AvgIpc) is 2.99. The molecule has 0 saturated carbocycles. The predicted molar refractivity (Wildman–Crippen MR) is 93.5 cm³/mol. The molecule has 0 aliphatic carbocycles. The lowest BCUT2D eigenvalue weighted by Gasteiger charge is -2.03. The molecule has 0 amide bonds. The monoisotopic (exact) mass is 386 g/mol. The summed E-state index contributed by atoms with van der Waals surface area (Å²) in [5.41, 5.74) is 3.48. The van der Waals surface area contributed by atoms with Crippen LogP contribution in [0.3, 0.4) is 0 Å². The average molecular weight is 387 g/mol. The summed E-state index contributed by atoms with van der Waals surface area (Å²) in [6.45, 7) is 2.01. The summed E-state index contributed by atoms with van der Waals surface area (Å²) in [7, 11) is 1.32. The summed E-state index contributed by atoms with van der Waals surface area (Å²) in [6, 6.07) is 11.3. The predicted octanol–water partition coefficient (Wildman–Crippen LogP) is 4.69. The number of halogens is 1. The Hall–Kier alpha value is -2.23. The van der Waals surface area contributed by atoms with Gasteiger partial charge in [0.2, 0.25) is 0 Å². The summed E-state index contributed by atoms with van der Waals surface area (Å²) in [4.78, 5) is 16.3. The van der Waals surface area contributed by atoms with Crippen molar-refractivity contribution in [1.29, 1.82) is 5.26 Å². The minimum atomic E-state index is -0.475. The van der Waals surface area contributed by atoms with Gasteiger partial charge in [0.1, 0.15) is 11.1 Å². The Bertz CT molecular complexity index is 973. The molecule has 3 rings (SSSR count). The molecule has 23 heavy (non-hydrogen) atoms. The first kappa shape index (κ1) is 15.7. The molecule has 2 aromatic carbocycles. The third kappa shape index (κ3) is 2.74. The normalized spacial score (nSPS) is 10.5. The topological polar surface area (TPSA) is 63.0 Å². The molecule has 0 fully saturated rings. The van der Waals surface area contributed by atoms with E-state index in [9.17, 15) is 10.1 Å². The highest BCUT2D eigenvalue weighted by molar-refractivity contribution is 9.10. The van der Waals surface area contributed by atoms with Gasteiger partial charge in [-0.25, -0.2) is 9.78 Å². The van der Waals surface area contributed by atoms with Crippen LogP contribution in [0.5, 0.6) is 0 Å².